The smallest absolute Gasteiger partial charge is 0.316 e. The molecule has 0 bridgehead atoms. The summed E-state index contributed by atoms with van der Waals surface area (Å²) < 4.78 is 2.41. The Morgan fingerprint density at radius 3 is 2.19 bits per heavy atom. The fourth-order valence-corrected chi connectivity index (χ4v) is 2.70. The average molecular weight is 384 g/mol. The Labute approximate surface area is 160 Å². The third-order valence-corrected chi connectivity index (χ3v) is 4.30. The first-order valence-corrected chi connectivity index (χ1v) is 8.71. The number of benzene rings is 2. The molecule has 1 aromatic heterocycles. The van der Waals surface area contributed by atoms with Gasteiger partial charge in [0.1, 0.15) is 6.54 Å². The first kappa shape index (κ1) is 18.7. The van der Waals surface area contributed by atoms with Crippen LogP contribution in [0.15, 0.2) is 70.5 Å². The average Bonchev–Trinajstić information content (AvgIpc) is 2.65. The van der Waals surface area contributed by atoms with Crippen molar-refractivity contribution in [2.75, 3.05) is 5.32 Å². The molecule has 0 unspecified atom stereocenters. The molecule has 1 N–H and O–H groups in total. The molecule has 138 valence electrons. The molecule has 0 saturated heterocycles. The van der Waals surface area contributed by atoms with Crippen molar-refractivity contribution >= 4 is 23.2 Å². The van der Waals surface area contributed by atoms with Gasteiger partial charge in [-0.1, -0.05) is 41.4 Å². The predicted molar refractivity (Wildman–Crippen MR) is 105 cm³/mol. The fourth-order valence-electron chi connectivity index (χ4n) is 2.57. The second kappa shape index (κ2) is 8.05. The summed E-state index contributed by atoms with van der Waals surface area (Å²) in [6, 6.07) is 14.3. The number of hydrogen-bond acceptors (Lipinski definition) is 3. The van der Waals surface area contributed by atoms with Crippen LogP contribution in [0.1, 0.15) is 11.1 Å². The molecule has 0 fully saturated rings. The van der Waals surface area contributed by atoms with E-state index in [4.69, 9.17) is 11.6 Å². The fraction of sp³-hybridized carbons (Fsp3) is 0.150. The Hall–Kier alpha value is -3.12. The van der Waals surface area contributed by atoms with E-state index in [1.54, 1.807) is 36.4 Å². The minimum atomic E-state index is -0.745. The highest BCUT2D eigenvalue weighted by Crippen LogP contribution is 2.10. The number of carbonyl (C=O) groups is 1. The number of halogens is 1. The Bertz CT molecular complexity index is 1070. The lowest BCUT2D eigenvalue weighted by Gasteiger charge is -2.10. The molecule has 0 radical (unpaired) electrons. The minimum Gasteiger partial charge on any atom is -0.325 e. The maximum absolute atomic E-state index is 12.3. The van der Waals surface area contributed by atoms with Crippen LogP contribution in [0.4, 0.5) is 5.69 Å². The zero-order chi connectivity index (χ0) is 19.4. The summed E-state index contributed by atoms with van der Waals surface area (Å²) in [6.07, 6.45) is 2.94. The van der Waals surface area contributed by atoms with Gasteiger partial charge < -0.3 is 9.88 Å². The quantitative estimate of drug-likeness (QED) is 0.688. The largest absolute Gasteiger partial charge is 0.325 e. The highest BCUT2D eigenvalue weighted by Gasteiger charge is 2.09. The summed E-state index contributed by atoms with van der Waals surface area (Å²) in [5, 5.41) is 3.30. The summed E-state index contributed by atoms with van der Waals surface area (Å²) in [7, 11) is 0. The van der Waals surface area contributed by atoms with Gasteiger partial charge in [-0.3, -0.25) is 19.0 Å². The standard InChI is InChI=1S/C20H18ClN3O3/c1-14-2-8-17(9-3-14)22-18(25)13-24-11-10-23(19(26)20(24)27)12-15-4-6-16(21)7-5-15/h2-11H,12-13H2,1H3,(H,22,25). The Balaban J connectivity index is 1.73. The summed E-state index contributed by atoms with van der Waals surface area (Å²) in [5.74, 6) is -0.379. The molecule has 3 rings (SSSR count). The first-order chi connectivity index (χ1) is 12.9. The zero-order valence-corrected chi connectivity index (χ0v) is 15.4. The molecule has 0 aliphatic rings. The van der Waals surface area contributed by atoms with Crippen molar-refractivity contribution in [3.8, 4) is 0 Å². The van der Waals surface area contributed by atoms with Gasteiger partial charge in [-0.2, -0.15) is 0 Å². The first-order valence-electron chi connectivity index (χ1n) is 8.33. The van der Waals surface area contributed by atoms with Gasteiger partial charge >= 0.3 is 11.1 Å². The maximum Gasteiger partial charge on any atom is 0.316 e. The van der Waals surface area contributed by atoms with Crippen LogP contribution in [0.3, 0.4) is 0 Å². The molecule has 0 saturated carbocycles. The van der Waals surface area contributed by atoms with Crippen LogP contribution in [-0.4, -0.2) is 15.0 Å². The van der Waals surface area contributed by atoms with Crippen LogP contribution in [0.25, 0.3) is 0 Å². The molecule has 6 nitrogen and oxygen atoms in total. The van der Waals surface area contributed by atoms with E-state index in [0.29, 0.717) is 10.7 Å². The van der Waals surface area contributed by atoms with E-state index in [1.165, 1.54) is 17.0 Å². The monoisotopic (exact) mass is 383 g/mol. The van der Waals surface area contributed by atoms with Crippen molar-refractivity contribution in [3.63, 3.8) is 0 Å². The van der Waals surface area contributed by atoms with Gasteiger partial charge in [0.05, 0.1) is 6.54 Å². The number of anilines is 1. The lowest BCUT2D eigenvalue weighted by atomic mass is 10.2. The van der Waals surface area contributed by atoms with Crippen molar-refractivity contribution in [2.45, 2.75) is 20.0 Å². The van der Waals surface area contributed by atoms with Gasteiger partial charge in [0.2, 0.25) is 5.91 Å². The van der Waals surface area contributed by atoms with E-state index >= 15 is 0 Å². The molecule has 0 aliphatic heterocycles. The number of nitrogens with one attached hydrogen (secondary N) is 1. The molecule has 2 aromatic carbocycles. The SMILES string of the molecule is Cc1ccc(NC(=O)Cn2ccn(Cc3ccc(Cl)cc3)c(=O)c2=O)cc1. The lowest BCUT2D eigenvalue weighted by molar-refractivity contribution is -0.116. The Morgan fingerprint density at radius 2 is 1.52 bits per heavy atom. The van der Waals surface area contributed by atoms with Gasteiger partial charge in [0.25, 0.3) is 0 Å². The Kier molecular flexibility index (Phi) is 5.57. The second-order valence-corrected chi connectivity index (χ2v) is 6.64. The minimum absolute atomic E-state index is 0.232. The van der Waals surface area contributed by atoms with Crippen molar-refractivity contribution in [1.82, 2.24) is 9.13 Å². The molecule has 7 heteroatoms. The molecule has 0 atom stereocenters. The van der Waals surface area contributed by atoms with Crippen LogP contribution in [0, 0.1) is 6.92 Å². The van der Waals surface area contributed by atoms with Gasteiger partial charge in [-0.05, 0) is 36.8 Å². The van der Waals surface area contributed by atoms with E-state index in [1.807, 2.05) is 19.1 Å². The van der Waals surface area contributed by atoms with Gasteiger partial charge in [0, 0.05) is 23.1 Å². The highest BCUT2D eigenvalue weighted by atomic mass is 35.5. The van der Waals surface area contributed by atoms with E-state index in [-0.39, 0.29) is 19.0 Å². The second-order valence-electron chi connectivity index (χ2n) is 6.20. The third-order valence-electron chi connectivity index (χ3n) is 4.05. The number of rotatable bonds is 5. The normalized spacial score (nSPS) is 10.6. The van der Waals surface area contributed by atoms with E-state index < -0.39 is 11.1 Å². The Morgan fingerprint density at radius 1 is 0.926 bits per heavy atom. The number of nitrogens with zero attached hydrogens (tertiary/aromatic N) is 2. The van der Waals surface area contributed by atoms with Crippen molar-refractivity contribution in [2.24, 2.45) is 0 Å². The number of aromatic nitrogens is 2. The summed E-state index contributed by atoms with van der Waals surface area (Å²) in [4.78, 5) is 36.8. The van der Waals surface area contributed by atoms with Gasteiger partial charge in [-0.25, -0.2) is 0 Å². The molecular weight excluding hydrogens is 366 g/mol. The number of aryl methyl sites for hydroxylation is 1. The molecular formula is C20H18ClN3O3. The number of amides is 1. The van der Waals surface area contributed by atoms with E-state index in [0.717, 1.165) is 15.7 Å². The number of carbonyl (C=O) groups excluding carboxylic acids is 1. The summed E-state index contributed by atoms with van der Waals surface area (Å²) in [5.41, 5.74) is 1.13. The molecule has 0 aliphatic carbocycles. The van der Waals surface area contributed by atoms with Crippen molar-refractivity contribution in [3.05, 3.63) is 97.8 Å². The highest BCUT2D eigenvalue weighted by molar-refractivity contribution is 6.30. The van der Waals surface area contributed by atoms with E-state index in [2.05, 4.69) is 5.32 Å². The van der Waals surface area contributed by atoms with Crippen LogP contribution in [-0.2, 0) is 17.9 Å². The third kappa shape index (κ3) is 4.74. The van der Waals surface area contributed by atoms with Gasteiger partial charge in [0.15, 0.2) is 0 Å². The van der Waals surface area contributed by atoms with Crippen LogP contribution in [0.2, 0.25) is 5.02 Å². The van der Waals surface area contributed by atoms with Crippen LogP contribution < -0.4 is 16.4 Å². The molecule has 0 spiro atoms. The summed E-state index contributed by atoms with van der Waals surface area (Å²) in [6.45, 7) is 1.97. The molecule has 3 aromatic rings. The summed E-state index contributed by atoms with van der Waals surface area (Å²) >= 11 is 5.85. The maximum atomic E-state index is 12.3. The molecule has 27 heavy (non-hydrogen) atoms. The molecule has 1 heterocycles. The van der Waals surface area contributed by atoms with Crippen molar-refractivity contribution in [1.29, 1.82) is 0 Å². The zero-order valence-electron chi connectivity index (χ0n) is 14.7. The predicted octanol–water partition coefficient (Wildman–Crippen LogP) is 2.66. The lowest BCUT2D eigenvalue weighted by Crippen LogP contribution is -2.42. The van der Waals surface area contributed by atoms with Crippen LogP contribution >= 0.6 is 11.6 Å². The topological polar surface area (TPSA) is 73.1 Å². The van der Waals surface area contributed by atoms with Crippen molar-refractivity contribution < 1.29 is 4.79 Å². The van der Waals surface area contributed by atoms with Gasteiger partial charge in [-0.15, -0.1) is 0 Å². The number of hydrogen-bond donors (Lipinski definition) is 1. The van der Waals surface area contributed by atoms with Crippen LogP contribution in [0.5, 0.6) is 0 Å². The van der Waals surface area contributed by atoms with E-state index in [9.17, 15) is 14.4 Å². The molecule has 1 amide bonds.